The van der Waals surface area contributed by atoms with Crippen LogP contribution in [0.2, 0.25) is 0 Å². The van der Waals surface area contributed by atoms with Gasteiger partial charge in [-0.15, -0.1) is 0 Å². The van der Waals surface area contributed by atoms with Crippen molar-refractivity contribution in [2.45, 2.75) is 27.7 Å². The number of benzene rings is 2. The topological polar surface area (TPSA) is 50.7 Å². The van der Waals surface area contributed by atoms with Crippen LogP contribution >= 0.6 is 0 Å². The zero-order valence-electron chi connectivity index (χ0n) is 14.0. The highest BCUT2D eigenvalue weighted by Gasteiger charge is 2.05. The fourth-order valence-electron chi connectivity index (χ4n) is 2.48. The molecule has 23 heavy (non-hydrogen) atoms. The molecular weight excluding hydrogens is 288 g/mol. The van der Waals surface area contributed by atoms with Gasteiger partial charge >= 0.3 is 0 Å². The summed E-state index contributed by atoms with van der Waals surface area (Å²) in [6.45, 7) is 8.66. The molecule has 120 valence electrons. The van der Waals surface area contributed by atoms with Crippen molar-refractivity contribution >= 4 is 12.1 Å². The van der Waals surface area contributed by atoms with Gasteiger partial charge in [0.2, 0.25) is 0 Å². The van der Waals surface area contributed by atoms with Gasteiger partial charge in [-0.05, 0) is 63.1 Å². The molecule has 0 saturated heterocycles. The lowest BCUT2D eigenvalue weighted by atomic mass is 10.0. The number of amides is 1. The van der Waals surface area contributed by atoms with Crippen LogP contribution in [-0.2, 0) is 0 Å². The molecule has 0 saturated carbocycles. The first-order valence-electron chi connectivity index (χ1n) is 7.65. The molecule has 0 heterocycles. The van der Waals surface area contributed by atoms with Crippen molar-refractivity contribution in [2.75, 3.05) is 6.61 Å². The van der Waals surface area contributed by atoms with E-state index in [0.717, 1.165) is 22.4 Å². The molecule has 1 amide bonds. The van der Waals surface area contributed by atoms with Gasteiger partial charge in [0, 0.05) is 11.1 Å². The van der Waals surface area contributed by atoms with Crippen molar-refractivity contribution in [3.8, 4) is 5.75 Å². The average molecular weight is 310 g/mol. The highest BCUT2D eigenvalue weighted by atomic mass is 16.5. The van der Waals surface area contributed by atoms with E-state index in [1.807, 2.05) is 20.8 Å². The molecular formula is C19H22N2O2. The molecule has 0 atom stereocenters. The number of nitrogens with zero attached hydrogens (tertiary/aromatic N) is 1. The number of carbonyl (C=O) groups is 1. The Morgan fingerprint density at radius 1 is 1.13 bits per heavy atom. The van der Waals surface area contributed by atoms with Crippen molar-refractivity contribution in [1.82, 2.24) is 5.43 Å². The van der Waals surface area contributed by atoms with E-state index >= 15 is 0 Å². The first-order chi connectivity index (χ1) is 11.0. The van der Waals surface area contributed by atoms with Crippen molar-refractivity contribution in [3.63, 3.8) is 0 Å². The molecule has 2 aromatic carbocycles. The van der Waals surface area contributed by atoms with E-state index in [-0.39, 0.29) is 5.91 Å². The Morgan fingerprint density at radius 3 is 2.30 bits per heavy atom. The standard InChI is InChI=1S/C19H22N2O2/c1-5-23-17-8-6-16(7-9-17)19(22)21-20-12-18-14(3)10-13(2)11-15(18)4/h6-12H,5H2,1-4H3,(H,21,22)/b20-12-. The van der Waals surface area contributed by atoms with Gasteiger partial charge in [0.25, 0.3) is 5.91 Å². The van der Waals surface area contributed by atoms with Crippen molar-refractivity contribution in [3.05, 3.63) is 64.2 Å². The van der Waals surface area contributed by atoms with E-state index in [2.05, 4.69) is 29.6 Å². The van der Waals surface area contributed by atoms with Crippen LogP contribution in [0.5, 0.6) is 5.75 Å². The van der Waals surface area contributed by atoms with E-state index in [0.29, 0.717) is 12.2 Å². The Balaban J connectivity index is 2.04. The molecule has 0 aliphatic rings. The molecule has 0 radical (unpaired) electrons. The van der Waals surface area contributed by atoms with Crippen LogP contribution < -0.4 is 10.2 Å². The van der Waals surface area contributed by atoms with Gasteiger partial charge in [0.05, 0.1) is 12.8 Å². The zero-order chi connectivity index (χ0) is 16.8. The second-order valence-electron chi connectivity index (χ2n) is 5.47. The van der Waals surface area contributed by atoms with Crippen LogP contribution in [0.15, 0.2) is 41.5 Å². The van der Waals surface area contributed by atoms with E-state index in [4.69, 9.17) is 4.74 Å². The predicted molar refractivity (Wildman–Crippen MR) is 93.3 cm³/mol. The van der Waals surface area contributed by atoms with Crippen molar-refractivity contribution in [2.24, 2.45) is 5.10 Å². The second kappa shape index (κ2) is 7.58. The minimum Gasteiger partial charge on any atom is -0.494 e. The summed E-state index contributed by atoms with van der Waals surface area (Å²) in [6.07, 6.45) is 1.69. The van der Waals surface area contributed by atoms with Crippen LogP contribution in [0.4, 0.5) is 0 Å². The predicted octanol–water partition coefficient (Wildman–Crippen LogP) is 3.77. The lowest BCUT2D eigenvalue weighted by Crippen LogP contribution is -2.17. The van der Waals surface area contributed by atoms with Crippen LogP contribution in [0, 0.1) is 20.8 Å². The largest absolute Gasteiger partial charge is 0.494 e. The van der Waals surface area contributed by atoms with Crippen LogP contribution in [-0.4, -0.2) is 18.7 Å². The summed E-state index contributed by atoms with van der Waals surface area (Å²) in [4.78, 5) is 12.1. The third kappa shape index (κ3) is 4.42. The molecule has 2 rings (SSSR count). The smallest absolute Gasteiger partial charge is 0.271 e. The maximum atomic E-state index is 12.1. The maximum absolute atomic E-state index is 12.1. The van der Waals surface area contributed by atoms with Crippen molar-refractivity contribution in [1.29, 1.82) is 0 Å². The summed E-state index contributed by atoms with van der Waals surface area (Å²) < 4.78 is 5.35. The minimum atomic E-state index is -0.244. The molecule has 4 nitrogen and oxygen atoms in total. The number of hydrogen-bond donors (Lipinski definition) is 1. The zero-order valence-corrected chi connectivity index (χ0v) is 14.0. The average Bonchev–Trinajstić information content (AvgIpc) is 2.50. The Hall–Kier alpha value is -2.62. The summed E-state index contributed by atoms with van der Waals surface area (Å²) >= 11 is 0. The molecule has 1 N–H and O–H groups in total. The number of ether oxygens (including phenoxy) is 1. The van der Waals surface area contributed by atoms with Gasteiger partial charge in [-0.3, -0.25) is 4.79 Å². The van der Waals surface area contributed by atoms with E-state index in [9.17, 15) is 4.79 Å². The van der Waals surface area contributed by atoms with Crippen LogP contribution in [0.25, 0.3) is 0 Å². The molecule has 0 bridgehead atoms. The number of nitrogens with one attached hydrogen (secondary N) is 1. The molecule has 0 spiro atoms. The van der Waals surface area contributed by atoms with Crippen LogP contribution in [0.3, 0.4) is 0 Å². The third-order valence-electron chi connectivity index (χ3n) is 3.53. The Kier molecular flexibility index (Phi) is 5.52. The minimum absolute atomic E-state index is 0.244. The Morgan fingerprint density at radius 2 is 1.74 bits per heavy atom. The first kappa shape index (κ1) is 16.7. The summed E-state index contributed by atoms with van der Waals surface area (Å²) in [6, 6.07) is 11.2. The summed E-state index contributed by atoms with van der Waals surface area (Å²) in [5.41, 5.74) is 7.63. The molecule has 2 aromatic rings. The molecule has 4 heteroatoms. The monoisotopic (exact) mass is 310 g/mol. The summed E-state index contributed by atoms with van der Waals surface area (Å²) in [5.74, 6) is 0.505. The summed E-state index contributed by atoms with van der Waals surface area (Å²) in [7, 11) is 0. The number of aryl methyl sites for hydroxylation is 3. The van der Waals surface area contributed by atoms with Gasteiger partial charge in [0.15, 0.2) is 0 Å². The van der Waals surface area contributed by atoms with E-state index < -0.39 is 0 Å². The number of hydrazone groups is 1. The molecule has 0 aromatic heterocycles. The highest BCUT2D eigenvalue weighted by molar-refractivity contribution is 5.95. The lowest BCUT2D eigenvalue weighted by Gasteiger charge is -2.07. The van der Waals surface area contributed by atoms with Gasteiger partial charge in [-0.25, -0.2) is 5.43 Å². The molecule has 0 fully saturated rings. The van der Waals surface area contributed by atoms with Crippen LogP contribution in [0.1, 0.15) is 39.5 Å². The SMILES string of the molecule is CCOc1ccc(C(=O)N/N=C\c2c(C)cc(C)cc2C)cc1. The normalized spacial score (nSPS) is 10.8. The van der Waals surface area contributed by atoms with Gasteiger partial charge < -0.3 is 4.74 Å². The quantitative estimate of drug-likeness (QED) is 0.675. The molecule has 0 unspecified atom stereocenters. The van der Waals surface area contributed by atoms with Gasteiger partial charge in [-0.2, -0.15) is 5.10 Å². The Labute approximate surface area is 137 Å². The fourth-order valence-corrected chi connectivity index (χ4v) is 2.48. The third-order valence-corrected chi connectivity index (χ3v) is 3.53. The number of hydrogen-bond acceptors (Lipinski definition) is 3. The van der Waals surface area contributed by atoms with E-state index in [1.165, 1.54) is 5.56 Å². The fraction of sp³-hybridized carbons (Fsp3) is 0.263. The van der Waals surface area contributed by atoms with Gasteiger partial charge in [0.1, 0.15) is 5.75 Å². The first-order valence-corrected chi connectivity index (χ1v) is 7.65. The van der Waals surface area contributed by atoms with Gasteiger partial charge in [-0.1, -0.05) is 17.7 Å². The summed E-state index contributed by atoms with van der Waals surface area (Å²) in [5, 5.41) is 4.07. The van der Waals surface area contributed by atoms with Crippen molar-refractivity contribution < 1.29 is 9.53 Å². The highest BCUT2D eigenvalue weighted by Crippen LogP contribution is 2.14. The lowest BCUT2D eigenvalue weighted by molar-refractivity contribution is 0.0955. The maximum Gasteiger partial charge on any atom is 0.271 e. The number of carbonyl (C=O) groups excluding carboxylic acids is 1. The molecule has 0 aliphatic carbocycles. The van der Waals surface area contributed by atoms with E-state index in [1.54, 1.807) is 30.5 Å². The molecule has 0 aliphatic heterocycles. The Bertz CT molecular complexity index is 696. The second-order valence-corrected chi connectivity index (χ2v) is 5.47. The number of rotatable bonds is 5.